The van der Waals surface area contributed by atoms with E-state index in [2.05, 4.69) is 10.6 Å². The molecule has 1 aromatic carbocycles. The highest BCUT2D eigenvalue weighted by Gasteiger charge is 2.26. The lowest BCUT2D eigenvalue weighted by Gasteiger charge is -2.22. The van der Waals surface area contributed by atoms with E-state index in [-0.39, 0.29) is 12.3 Å². The Bertz CT molecular complexity index is 604. The van der Waals surface area contributed by atoms with Crippen LogP contribution in [0, 0.1) is 11.7 Å². The number of rotatable bonds is 8. The van der Waals surface area contributed by atoms with Gasteiger partial charge >= 0.3 is 0 Å². The molecule has 1 aromatic rings. The van der Waals surface area contributed by atoms with E-state index in [1.54, 1.807) is 6.07 Å². The number of carbonyl (C=O) groups is 3. The van der Waals surface area contributed by atoms with Crippen LogP contribution in [0.1, 0.15) is 32.8 Å². The number of hydrogen-bond acceptors (Lipinski definition) is 3. The SMILES string of the molecule is CC(=O)N[C@H](Cc1ccccc1F)C(=O)N[C@H](CC(C)C)C(N)=O. The maximum Gasteiger partial charge on any atom is 0.243 e. The summed E-state index contributed by atoms with van der Waals surface area (Å²) in [5, 5.41) is 5.03. The number of amides is 3. The van der Waals surface area contributed by atoms with Gasteiger partial charge in [0.2, 0.25) is 17.7 Å². The van der Waals surface area contributed by atoms with E-state index >= 15 is 0 Å². The molecule has 6 nitrogen and oxygen atoms in total. The third kappa shape index (κ3) is 6.36. The van der Waals surface area contributed by atoms with Gasteiger partial charge in [0.1, 0.15) is 17.9 Å². The lowest BCUT2D eigenvalue weighted by Crippen LogP contribution is -2.53. The summed E-state index contributed by atoms with van der Waals surface area (Å²) in [5.41, 5.74) is 5.61. The average molecular weight is 337 g/mol. The van der Waals surface area contributed by atoms with Gasteiger partial charge in [-0.2, -0.15) is 0 Å². The zero-order chi connectivity index (χ0) is 18.3. The van der Waals surface area contributed by atoms with E-state index in [4.69, 9.17) is 5.73 Å². The van der Waals surface area contributed by atoms with Gasteiger partial charge in [-0.1, -0.05) is 32.0 Å². The molecule has 0 spiro atoms. The van der Waals surface area contributed by atoms with Gasteiger partial charge in [0.25, 0.3) is 0 Å². The number of halogens is 1. The van der Waals surface area contributed by atoms with Crippen LogP contribution in [0.15, 0.2) is 24.3 Å². The Morgan fingerprint density at radius 2 is 1.75 bits per heavy atom. The molecule has 0 bridgehead atoms. The van der Waals surface area contributed by atoms with Crippen LogP contribution < -0.4 is 16.4 Å². The van der Waals surface area contributed by atoms with Gasteiger partial charge < -0.3 is 16.4 Å². The molecule has 0 saturated carbocycles. The molecule has 4 N–H and O–H groups in total. The van der Waals surface area contributed by atoms with Gasteiger partial charge in [-0.3, -0.25) is 14.4 Å². The van der Waals surface area contributed by atoms with Crippen LogP contribution in [-0.2, 0) is 20.8 Å². The van der Waals surface area contributed by atoms with Crippen molar-refractivity contribution in [3.05, 3.63) is 35.6 Å². The van der Waals surface area contributed by atoms with E-state index in [1.165, 1.54) is 25.1 Å². The Morgan fingerprint density at radius 1 is 1.12 bits per heavy atom. The normalized spacial score (nSPS) is 13.2. The summed E-state index contributed by atoms with van der Waals surface area (Å²) in [7, 11) is 0. The highest BCUT2D eigenvalue weighted by atomic mass is 19.1. The minimum atomic E-state index is -0.992. The van der Waals surface area contributed by atoms with E-state index < -0.39 is 35.6 Å². The van der Waals surface area contributed by atoms with Crippen molar-refractivity contribution in [2.45, 2.75) is 45.7 Å². The smallest absolute Gasteiger partial charge is 0.243 e. The fourth-order valence-corrected chi connectivity index (χ4v) is 2.33. The van der Waals surface area contributed by atoms with Gasteiger partial charge in [0, 0.05) is 13.3 Å². The Labute approximate surface area is 141 Å². The van der Waals surface area contributed by atoms with Crippen LogP contribution in [0.4, 0.5) is 4.39 Å². The molecule has 0 radical (unpaired) electrons. The van der Waals surface area contributed by atoms with Crippen molar-refractivity contribution in [2.24, 2.45) is 11.7 Å². The van der Waals surface area contributed by atoms with Crippen molar-refractivity contribution >= 4 is 17.7 Å². The molecule has 3 amide bonds. The standard InChI is InChI=1S/C17H24FN3O3/c1-10(2)8-14(16(19)23)21-17(24)15(20-11(3)22)9-12-6-4-5-7-13(12)18/h4-7,10,14-15H,8-9H2,1-3H3,(H2,19,23)(H,20,22)(H,21,24)/t14-,15-/m1/s1. The summed E-state index contributed by atoms with van der Waals surface area (Å²) in [4.78, 5) is 35.3. The first-order valence-corrected chi connectivity index (χ1v) is 7.81. The zero-order valence-electron chi connectivity index (χ0n) is 14.1. The monoisotopic (exact) mass is 337 g/mol. The molecule has 132 valence electrons. The molecular weight excluding hydrogens is 313 g/mol. The fraction of sp³-hybridized carbons (Fsp3) is 0.471. The maximum atomic E-state index is 13.8. The number of primary amides is 1. The van der Waals surface area contributed by atoms with E-state index in [9.17, 15) is 18.8 Å². The van der Waals surface area contributed by atoms with Gasteiger partial charge in [-0.25, -0.2) is 4.39 Å². The second-order valence-electron chi connectivity index (χ2n) is 6.14. The minimum Gasteiger partial charge on any atom is -0.368 e. The fourth-order valence-electron chi connectivity index (χ4n) is 2.33. The van der Waals surface area contributed by atoms with Crippen molar-refractivity contribution in [2.75, 3.05) is 0 Å². The molecule has 0 aromatic heterocycles. The topological polar surface area (TPSA) is 101 Å². The Balaban J connectivity index is 2.90. The average Bonchev–Trinajstić information content (AvgIpc) is 2.47. The lowest BCUT2D eigenvalue weighted by atomic mass is 10.0. The molecule has 0 fully saturated rings. The first kappa shape index (κ1) is 19.6. The van der Waals surface area contributed by atoms with Crippen LogP contribution in [0.3, 0.4) is 0 Å². The summed E-state index contributed by atoms with van der Waals surface area (Å²) in [6.07, 6.45) is 0.360. The Hall–Kier alpha value is -2.44. The number of nitrogens with two attached hydrogens (primary N) is 1. The maximum absolute atomic E-state index is 13.8. The van der Waals surface area contributed by atoms with Crippen LogP contribution in [-0.4, -0.2) is 29.8 Å². The Morgan fingerprint density at radius 3 is 2.25 bits per heavy atom. The molecule has 24 heavy (non-hydrogen) atoms. The molecular formula is C17H24FN3O3. The van der Waals surface area contributed by atoms with Crippen LogP contribution in [0.25, 0.3) is 0 Å². The van der Waals surface area contributed by atoms with Crippen LogP contribution in [0.2, 0.25) is 0 Å². The molecule has 0 saturated heterocycles. The molecule has 2 atom stereocenters. The Kier molecular flexibility index (Phi) is 7.35. The highest BCUT2D eigenvalue weighted by Crippen LogP contribution is 2.10. The first-order chi connectivity index (χ1) is 11.2. The van der Waals surface area contributed by atoms with Crippen LogP contribution in [0.5, 0.6) is 0 Å². The predicted molar refractivity (Wildman–Crippen MR) is 88.3 cm³/mol. The minimum absolute atomic E-state index is 0.0226. The quantitative estimate of drug-likeness (QED) is 0.656. The van der Waals surface area contributed by atoms with Gasteiger partial charge in [-0.05, 0) is 24.0 Å². The van der Waals surface area contributed by atoms with Gasteiger partial charge in [0.15, 0.2) is 0 Å². The number of carbonyl (C=O) groups excluding carboxylic acids is 3. The predicted octanol–water partition coefficient (Wildman–Crippen LogP) is 0.889. The van der Waals surface area contributed by atoms with E-state index in [1.807, 2.05) is 13.8 Å². The summed E-state index contributed by atoms with van der Waals surface area (Å²) >= 11 is 0. The third-order valence-corrected chi connectivity index (χ3v) is 3.44. The van der Waals surface area contributed by atoms with Crippen molar-refractivity contribution in [3.63, 3.8) is 0 Å². The van der Waals surface area contributed by atoms with E-state index in [0.717, 1.165) is 0 Å². The third-order valence-electron chi connectivity index (χ3n) is 3.44. The second kappa shape index (κ2) is 9.00. The molecule has 1 rings (SSSR count). The highest BCUT2D eigenvalue weighted by molar-refractivity contribution is 5.91. The number of nitrogens with one attached hydrogen (secondary N) is 2. The number of benzene rings is 1. The molecule has 7 heteroatoms. The zero-order valence-corrected chi connectivity index (χ0v) is 14.1. The summed E-state index contributed by atoms with van der Waals surface area (Å²) in [6, 6.07) is 4.17. The lowest BCUT2D eigenvalue weighted by molar-refractivity contribution is -0.131. The summed E-state index contributed by atoms with van der Waals surface area (Å²) in [5.74, 6) is -1.96. The first-order valence-electron chi connectivity index (χ1n) is 7.81. The summed E-state index contributed by atoms with van der Waals surface area (Å²) < 4.78 is 13.8. The second-order valence-corrected chi connectivity index (χ2v) is 6.14. The van der Waals surface area contributed by atoms with Crippen molar-refractivity contribution in [1.29, 1.82) is 0 Å². The molecule has 0 aliphatic heterocycles. The van der Waals surface area contributed by atoms with Gasteiger partial charge in [0.05, 0.1) is 0 Å². The summed E-state index contributed by atoms with van der Waals surface area (Å²) in [6.45, 7) is 5.06. The largest absolute Gasteiger partial charge is 0.368 e. The molecule has 0 heterocycles. The van der Waals surface area contributed by atoms with Crippen molar-refractivity contribution < 1.29 is 18.8 Å². The van der Waals surface area contributed by atoms with Crippen molar-refractivity contribution in [1.82, 2.24) is 10.6 Å². The van der Waals surface area contributed by atoms with E-state index in [0.29, 0.717) is 12.0 Å². The van der Waals surface area contributed by atoms with Crippen LogP contribution >= 0.6 is 0 Å². The van der Waals surface area contributed by atoms with Crippen molar-refractivity contribution in [3.8, 4) is 0 Å². The molecule has 0 unspecified atom stereocenters. The van der Waals surface area contributed by atoms with Gasteiger partial charge in [-0.15, -0.1) is 0 Å². The number of hydrogen-bond donors (Lipinski definition) is 3. The molecule has 0 aliphatic rings. The molecule has 0 aliphatic carbocycles.